The maximum Gasteiger partial charge on any atom is 0.257 e. The second-order valence-electron chi connectivity index (χ2n) is 7.00. The van der Waals surface area contributed by atoms with Crippen LogP contribution in [0.3, 0.4) is 0 Å². The maximum atomic E-state index is 13.0. The van der Waals surface area contributed by atoms with Crippen LogP contribution in [-0.4, -0.2) is 20.7 Å². The van der Waals surface area contributed by atoms with Gasteiger partial charge in [-0.1, -0.05) is 0 Å². The summed E-state index contributed by atoms with van der Waals surface area (Å²) < 4.78 is 1.71. The SMILES string of the molecule is Cn1ncc2c(C(=O)Nc3sc4c(c3C#N)CCC4)cc(C3CC3)nc21. The van der Waals surface area contributed by atoms with Gasteiger partial charge in [0.05, 0.1) is 22.7 Å². The first kappa shape index (κ1) is 15.5. The van der Waals surface area contributed by atoms with Crippen molar-refractivity contribution in [1.82, 2.24) is 14.8 Å². The number of pyridine rings is 1. The Hall–Kier alpha value is -2.72. The number of nitrogens with one attached hydrogen (secondary N) is 1. The summed E-state index contributed by atoms with van der Waals surface area (Å²) in [5.74, 6) is 0.254. The van der Waals surface area contributed by atoms with E-state index in [9.17, 15) is 10.1 Å². The molecule has 0 aromatic carbocycles. The maximum absolute atomic E-state index is 13.0. The highest BCUT2D eigenvalue weighted by Gasteiger charge is 2.29. The topological polar surface area (TPSA) is 83.6 Å². The summed E-state index contributed by atoms with van der Waals surface area (Å²) >= 11 is 1.54. The van der Waals surface area contributed by atoms with Crippen molar-refractivity contribution in [2.24, 2.45) is 7.05 Å². The van der Waals surface area contributed by atoms with Gasteiger partial charge in [0.15, 0.2) is 5.65 Å². The molecular weight excluding hydrogens is 346 g/mol. The highest BCUT2D eigenvalue weighted by atomic mass is 32.1. The molecule has 1 saturated carbocycles. The highest BCUT2D eigenvalue weighted by Crippen LogP contribution is 2.41. The lowest BCUT2D eigenvalue weighted by Crippen LogP contribution is -2.13. The van der Waals surface area contributed by atoms with Crippen LogP contribution in [0, 0.1) is 11.3 Å². The van der Waals surface area contributed by atoms with Crippen LogP contribution in [0.15, 0.2) is 12.3 Å². The van der Waals surface area contributed by atoms with Gasteiger partial charge in [0.1, 0.15) is 11.1 Å². The Balaban J connectivity index is 1.56. The van der Waals surface area contributed by atoms with Gasteiger partial charge in [-0.15, -0.1) is 11.3 Å². The molecule has 0 spiro atoms. The number of carbonyl (C=O) groups excluding carboxylic acids is 1. The third-order valence-electron chi connectivity index (χ3n) is 5.23. The first-order valence-corrected chi connectivity index (χ1v) is 9.66. The Morgan fingerprint density at radius 3 is 3.04 bits per heavy atom. The number of aromatic nitrogens is 3. The predicted octanol–water partition coefficient (Wildman–Crippen LogP) is 3.52. The fraction of sp³-hybridized carbons (Fsp3) is 0.368. The quantitative estimate of drug-likeness (QED) is 0.772. The lowest BCUT2D eigenvalue weighted by Gasteiger charge is -2.08. The largest absolute Gasteiger partial charge is 0.312 e. The van der Waals surface area contributed by atoms with Crippen molar-refractivity contribution >= 4 is 33.3 Å². The molecule has 3 aromatic heterocycles. The normalized spacial score (nSPS) is 15.8. The van der Waals surface area contributed by atoms with E-state index in [1.54, 1.807) is 10.9 Å². The number of amides is 1. The number of hydrogen-bond donors (Lipinski definition) is 1. The molecule has 130 valence electrons. The molecule has 1 N–H and O–H groups in total. The number of thiophene rings is 1. The molecule has 26 heavy (non-hydrogen) atoms. The van der Waals surface area contributed by atoms with Crippen molar-refractivity contribution in [2.45, 2.75) is 38.0 Å². The second-order valence-corrected chi connectivity index (χ2v) is 8.11. The number of rotatable bonds is 3. The summed E-state index contributed by atoms with van der Waals surface area (Å²) in [6.07, 6.45) is 6.95. The van der Waals surface area contributed by atoms with E-state index < -0.39 is 0 Å². The summed E-state index contributed by atoms with van der Waals surface area (Å²) in [6.45, 7) is 0. The molecule has 0 saturated heterocycles. The fourth-order valence-electron chi connectivity index (χ4n) is 3.69. The zero-order chi connectivity index (χ0) is 17.8. The molecule has 6 nitrogen and oxygen atoms in total. The van der Waals surface area contributed by atoms with Gasteiger partial charge in [-0.3, -0.25) is 9.48 Å². The van der Waals surface area contributed by atoms with Gasteiger partial charge in [-0.2, -0.15) is 10.4 Å². The van der Waals surface area contributed by atoms with Crippen molar-refractivity contribution in [1.29, 1.82) is 5.26 Å². The van der Waals surface area contributed by atoms with Gasteiger partial charge in [-0.05, 0) is 43.7 Å². The lowest BCUT2D eigenvalue weighted by molar-refractivity contribution is 0.102. The van der Waals surface area contributed by atoms with Gasteiger partial charge in [-0.25, -0.2) is 4.98 Å². The van der Waals surface area contributed by atoms with Crippen LogP contribution in [0.4, 0.5) is 5.00 Å². The molecule has 1 fully saturated rings. The van der Waals surface area contributed by atoms with Gasteiger partial charge in [0.2, 0.25) is 0 Å². The van der Waals surface area contributed by atoms with Crippen LogP contribution < -0.4 is 5.32 Å². The molecule has 0 radical (unpaired) electrons. The average molecular weight is 363 g/mol. The van der Waals surface area contributed by atoms with E-state index in [4.69, 9.17) is 4.98 Å². The number of fused-ring (bicyclic) bond motifs is 2. The third kappa shape index (κ3) is 2.33. The molecule has 2 aliphatic rings. The molecule has 3 aromatic rings. The smallest absolute Gasteiger partial charge is 0.257 e. The summed E-state index contributed by atoms with van der Waals surface area (Å²) in [6, 6.07) is 4.17. The van der Waals surface area contributed by atoms with E-state index in [2.05, 4.69) is 16.5 Å². The first-order chi connectivity index (χ1) is 12.7. The van der Waals surface area contributed by atoms with Gasteiger partial charge >= 0.3 is 0 Å². The zero-order valence-electron chi connectivity index (χ0n) is 14.4. The number of hydrogen-bond acceptors (Lipinski definition) is 5. The predicted molar refractivity (Wildman–Crippen MR) is 99.5 cm³/mol. The molecule has 0 atom stereocenters. The van der Waals surface area contributed by atoms with Crippen molar-refractivity contribution < 1.29 is 4.79 Å². The van der Waals surface area contributed by atoms with E-state index in [0.29, 0.717) is 22.0 Å². The molecule has 3 heterocycles. The minimum absolute atomic E-state index is 0.191. The molecule has 0 bridgehead atoms. The molecule has 0 aliphatic heterocycles. The lowest BCUT2D eigenvalue weighted by atomic mass is 10.1. The number of anilines is 1. The van der Waals surface area contributed by atoms with Gasteiger partial charge < -0.3 is 5.32 Å². The van der Waals surface area contributed by atoms with Crippen LogP contribution in [-0.2, 0) is 19.9 Å². The van der Waals surface area contributed by atoms with E-state index in [0.717, 1.165) is 54.4 Å². The van der Waals surface area contributed by atoms with E-state index >= 15 is 0 Å². The summed E-state index contributed by atoms with van der Waals surface area (Å²) in [7, 11) is 1.84. The standard InChI is InChI=1S/C19H17N5OS/c1-24-17-14(9-21-24)12(7-15(22-17)10-5-6-10)18(25)23-19-13(8-20)11-3-2-4-16(11)26-19/h7,9-10H,2-6H2,1H3,(H,23,25). The summed E-state index contributed by atoms with van der Waals surface area (Å²) in [4.78, 5) is 19.0. The van der Waals surface area contributed by atoms with Crippen LogP contribution in [0.5, 0.6) is 0 Å². The number of carbonyl (C=O) groups is 1. The number of nitrogens with zero attached hydrogens (tertiary/aromatic N) is 4. The van der Waals surface area contributed by atoms with Crippen molar-refractivity contribution in [3.8, 4) is 6.07 Å². The van der Waals surface area contributed by atoms with Crippen LogP contribution >= 0.6 is 11.3 Å². The minimum atomic E-state index is -0.191. The Morgan fingerprint density at radius 2 is 2.27 bits per heavy atom. The molecule has 0 unspecified atom stereocenters. The second kappa shape index (κ2) is 5.64. The van der Waals surface area contributed by atoms with Gasteiger partial charge in [0.25, 0.3) is 5.91 Å². The number of nitriles is 1. The molecule has 1 amide bonds. The van der Waals surface area contributed by atoms with Crippen molar-refractivity contribution in [3.05, 3.63) is 39.5 Å². The zero-order valence-corrected chi connectivity index (χ0v) is 15.2. The molecular formula is C19H17N5OS. The van der Waals surface area contributed by atoms with Crippen molar-refractivity contribution in [2.75, 3.05) is 5.32 Å². The summed E-state index contributed by atoms with van der Waals surface area (Å²) in [5.41, 5.74) is 4.03. The minimum Gasteiger partial charge on any atom is -0.312 e. The van der Waals surface area contributed by atoms with Crippen LogP contribution in [0.2, 0.25) is 0 Å². The van der Waals surface area contributed by atoms with Crippen LogP contribution in [0.25, 0.3) is 11.0 Å². The monoisotopic (exact) mass is 363 g/mol. The summed E-state index contributed by atoms with van der Waals surface area (Å²) in [5, 5.41) is 18.2. The molecule has 2 aliphatic carbocycles. The first-order valence-electron chi connectivity index (χ1n) is 8.84. The Labute approximate surface area is 154 Å². The number of aryl methyl sites for hydroxylation is 2. The Kier molecular flexibility index (Phi) is 3.37. The Morgan fingerprint density at radius 1 is 1.42 bits per heavy atom. The van der Waals surface area contributed by atoms with E-state index in [1.807, 2.05) is 13.1 Å². The Bertz CT molecular complexity index is 1100. The van der Waals surface area contributed by atoms with E-state index in [1.165, 1.54) is 16.2 Å². The fourth-order valence-corrected chi connectivity index (χ4v) is 4.93. The third-order valence-corrected chi connectivity index (χ3v) is 6.43. The van der Waals surface area contributed by atoms with E-state index in [-0.39, 0.29) is 5.91 Å². The van der Waals surface area contributed by atoms with Crippen LogP contribution in [0.1, 0.15) is 57.2 Å². The van der Waals surface area contributed by atoms with Crippen molar-refractivity contribution in [3.63, 3.8) is 0 Å². The average Bonchev–Trinajstić information content (AvgIpc) is 3.16. The van der Waals surface area contributed by atoms with Gasteiger partial charge in [0, 0.05) is 23.5 Å². The molecule has 7 heteroatoms. The molecule has 5 rings (SSSR count). The highest BCUT2D eigenvalue weighted by molar-refractivity contribution is 7.16.